The molecule has 0 saturated heterocycles. The smallest absolute Gasteiger partial charge is 0.306 e. The third-order valence-corrected chi connectivity index (χ3v) is 15.3. The van der Waals surface area contributed by atoms with Crippen LogP contribution >= 0.6 is 0 Å². The normalized spacial score (nSPS) is 12.7. The minimum Gasteiger partial charge on any atom is -0.462 e. The number of carbonyl (C=O) groups is 3. The Morgan fingerprint density at radius 2 is 0.476 bits per heavy atom. The maximum Gasteiger partial charge on any atom is 0.306 e. The predicted molar refractivity (Wildman–Crippen MR) is 357 cm³/mol. The van der Waals surface area contributed by atoms with E-state index >= 15 is 0 Å². The van der Waals surface area contributed by atoms with Crippen molar-refractivity contribution in [3.63, 3.8) is 0 Å². The average Bonchev–Trinajstić information content (AvgIpc) is 3.48. The van der Waals surface area contributed by atoms with Gasteiger partial charge < -0.3 is 14.2 Å². The molecule has 472 valence electrons. The molecule has 82 heavy (non-hydrogen) atoms. The highest BCUT2D eigenvalue weighted by Crippen LogP contribution is 2.17. The summed E-state index contributed by atoms with van der Waals surface area (Å²) >= 11 is 0. The van der Waals surface area contributed by atoms with E-state index in [4.69, 9.17) is 14.2 Å². The molecule has 1 atom stereocenters. The third-order valence-electron chi connectivity index (χ3n) is 15.3. The standard InChI is InChI=1S/C76H132O6/c1-4-7-10-13-16-19-22-24-26-28-30-32-34-36-37-38-39-41-42-44-46-48-50-52-54-57-60-63-66-69-75(78)81-72-73(71-80-74(77)68-65-62-59-56-21-18-15-12-9-6-3)82-76(79)70-67-64-61-58-55-53-51-49-47-45-43-40-35-33-31-29-27-25-23-20-17-14-11-8-5-2/h7,10,16,19,23-26,29-32,35-37,40,73H,4-6,8-9,11-15,17-18,20-22,27-28,33-34,38-39,41-72H2,1-3H3/b10-7-,19-16-,25-23-,26-24-,31-29-,32-30-,37-36-,40-35-. The van der Waals surface area contributed by atoms with E-state index in [1.807, 2.05) is 0 Å². The number of hydrogen-bond donors (Lipinski definition) is 0. The Morgan fingerprint density at radius 3 is 0.744 bits per heavy atom. The van der Waals surface area contributed by atoms with Crippen LogP contribution in [0.1, 0.15) is 348 Å². The molecule has 0 spiro atoms. The van der Waals surface area contributed by atoms with E-state index in [2.05, 4.69) is 118 Å². The first kappa shape index (κ1) is 78.3. The Balaban J connectivity index is 4.20. The number of esters is 3. The highest BCUT2D eigenvalue weighted by Gasteiger charge is 2.19. The van der Waals surface area contributed by atoms with Crippen molar-refractivity contribution in [1.29, 1.82) is 0 Å². The lowest BCUT2D eigenvalue weighted by atomic mass is 10.0. The van der Waals surface area contributed by atoms with Gasteiger partial charge in [-0.1, -0.05) is 323 Å². The summed E-state index contributed by atoms with van der Waals surface area (Å²) in [6.07, 6.45) is 94.4. The van der Waals surface area contributed by atoms with Crippen LogP contribution in [0.3, 0.4) is 0 Å². The van der Waals surface area contributed by atoms with E-state index in [0.717, 1.165) is 103 Å². The molecule has 0 heterocycles. The van der Waals surface area contributed by atoms with Crippen LogP contribution in [0.2, 0.25) is 0 Å². The Bertz CT molecular complexity index is 1590. The van der Waals surface area contributed by atoms with Gasteiger partial charge in [0.2, 0.25) is 0 Å². The molecule has 1 unspecified atom stereocenters. The summed E-state index contributed by atoms with van der Waals surface area (Å²) in [4.78, 5) is 38.3. The summed E-state index contributed by atoms with van der Waals surface area (Å²) < 4.78 is 17.0. The van der Waals surface area contributed by atoms with Gasteiger partial charge in [-0.3, -0.25) is 14.4 Å². The Morgan fingerprint density at radius 1 is 0.256 bits per heavy atom. The maximum atomic E-state index is 12.9. The van der Waals surface area contributed by atoms with Crippen LogP contribution in [-0.2, 0) is 28.6 Å². The molecule has 6 nitrogen and oxygen atoms in total. The summed E-state index contributed by atoms with van der Waals surface area (Å²) in [5.74, 6) is -0.867. The summed E-state index contributed by atoms with van der Waals surface area (Å²) in [6.45, 7) is 6.54. The van der Waals surface area contributed by atoms with Crippen LogP contribution in [-0.4, -0.2) is 37.2 Å². The summed E-state index contributed by atoms with van der Waals surface area (Å²) in [7, 11) is 0. The monoisotopic (exact) mass is 1140 g/mol. The molecule has 6 heteroatoms. The van der Waals surface area contributed by atoms with Crippen molar-refractivity contribution in [1.82, 2.24) is 0 Å². The fraction of sp³-hybridized carbons (Fsp3) is 0.750. The van der Waals surface area contributed by atoms with E-state index in [1.54, 1.807) is 0 Å². The first-order chi connectivity index (χ1) is 40.5. The molecule has 0 fully saturated rings. The molecule has 0 amide bonds. The van der Waals surface area contributed by atoms with Crippen molar-refractivity contribution in [3.8, 4) is 0 Å². The molecule has 0 aliphatic heterocycles. The Labute approximate surface area is 508 Å². The van der Waals surface area contributed by atoms with E-state index < -0.39 is 6.10 Å². The number of hydrogen-bond acceptors (Lipinski definition) is 6. The van der Waals surface area contributed by atoms with Crippen LogP contribution in [0.15, 0.2) is 97.2 Å². The summed E-state index contributed by atoms with van der Waals surface area (Å²) in [6, 6.07) is 0. The lowest BCUT2D eigenvalue weighted by molar-refractivity contribution is -0.167. The molecule has 0 saturated carbocycles. The fourth-order valence-corrected chi connectivity index (χ4v) is 10.1. The van der Waals surface area contributed by atoms with Gasteiger partial charge >= 0.3 is 17.9 Å². The molecule has 0 rings (SSSR count). The second kappa shape index (κ2) is 69.8. The highest BCUT2D eigenvalue weighted by molar-refractivity contribution is 5.71. The number of ether oxygens (including phenoxy) is 3. The summed E-state index contributed by atoms with van der Waals surface area (Å²) in [5, 5.41) is 0. The van der Waals surface area contributed by atoms with Crippen LogP contribution < -0.4 is 0 Å². The second-order valence-electron chi connectivity index (χ2n) is 23.4. The second-order valence-corrected chi connectivity index (χ2v) is 23.4. The number of carbonyl (C=O) groups excluding carboxylic acids is 3. The van der Waals surface area contributed by atoms with E-state index in [0.29, 0.717) is 19.3 Å². The first-order valence-corrected chi connectivity index (χ1v) is 35.2. The van der Waals surface area contributed by atoms with Gasteiger partial charge in [0.1, 0.15) is 13.2 Å². The molecule has 0 N–H and O–H groups in total. The minimum atomic E-state index is -0.779. The average molecular weight is 1140 g/mol. The molecule has 0 aromatic heterocycles. The lowest BCUT2D eigenvalue weighted by Gasteiger charge is -2.18. The van der Waals surface area contributed by atoms with Crippen molar-refractivity contribution in [3.05, 3.63) is 97.2 Å². The number of unbranched alkanes of at least 4 members (excludes halogenated alkanes) is 37. The Kier molecular flexibility index (Phi) is 66.7. The fourth-order valence-electron chi connectivity index (χ4n) is 10.1. The largest absolute Gasteiger partial charge is 0.462 e. The van der Waals surface area contributed by atoms with Gasteiger partial charge in [-0.25, -0.2) is 0 Å². The SMILES string of the molecule is CC/C=C\C/C=C\C/C=C\C/C=C\C/C=C\CCCCCCCCCCCCCCCC(=O)OCC(COC(=O)CCCCCCCCCCCC)OC(=O)CCCCCCCCCCCC/C=C\C/C=C\C/C=C\CCCCCCC. The quantitative estimate of drug-likeness (QED) is 0.0261. The van der Waals surface area contributed by atoms with Crippen molar-refractivity contribution >= 4 is 17.9 Å². The zero-order chi connectivity index (χ0) is 59.2. The van der Waals surface area contributed by atoms with Crippen LogP contribution in [0, 0.1) is 0 Å². The highest BCUT2D eigenvalue weighted by atomic mass is 16.6. The van der Waals surface area contributed by atoms with Gasteiger partial charge in [0.05, 0.1) is 0 Å². The van der Waals surface area contributed by atoms with Crippen molar-refractivity contribution in [2.24, 2.45) is 0 Å². The van der Waals surface area contributed by atoms with E-state index in [1.165, 1.54) is 205 Å². The van der Waals surface area contributed by atoms with Gasteiger partial charge in [-0.15, -0.1) is 0 Å². The molecule has 0 aliphatic carbocycles. The van der Waals surface area contributed by atoms with Gasteiger partial charge in [0.15, 0.2) is 6.10 Å². The maximum absolute atomic E-state index is 12.9. The third kappa shape index (κ3) is 67.1. The molecule has 0 bridgehead atoms. The van der Waals surface area contributed by atoms with Crippen LogP contribution in [0.5, 0.6) is 0 Å². The molecule has 0 radical (unpaired) electrons. The molecular weight excluding hydrogens is 1010 g/mol. The Hall–Kier alpha value is -3.67. The lowest BCUT2D eigenvalue weighted by Crippen LogP contribution is -2.30. The predicted octanol–water partition coefficient (Wildman–Crippen LogP) is 24.4. The van der Waals surface area contributed by atoms with Crippen LogP contribution in [0.25, 0.3) is 0 Å². The number of rotatable bonds is 64. The summed E-state index contributed by atoms with van der Waals surface area (Å²) in [5.41, 5.74) is 0. The van der Waals surface area contributed by atoms with Crippen LogP contribution in [0.4, 0.5) is 0 Å². The topological polar surface area (TPSA) is 78.9 Å². The number of allylic oxidation sites excluding steroid dienone is 16. The molecule has 0 aliphatic rings. The van der Waals surface area contributed by atoms with Crippen molar-refractivity contribution in [2.45, 2.75) is 354 Å². The zero-order valence-corrected chi connectivity index (χ0v) is 54.2. The van der Waals surface area contributed by atoms with Gasteiger partial charge in [0, 0.05) is 19.3 Å². The minimum absolute atomic E-state index is 0.0754. The molecular formula is C76H132O6. The molecule has 0 aromatic rings. The van der Waals surface area contributed by atoms with Crippen molar-refractivity contribution in [2.75, 3.05) is 13.2 Å². The van der Waals surface area contributed by atoms with E-state index in [-0.39, 0.29) is 31.1 Å². The van der Waals surface area contributed by atoms with Gasteiger partial charge in [-0.05, 0) is 103 Å². The first-order valence-electron chi connectivity index (χ1n) is 35.2. The van der Waals surface area contributed by atoms with E-state index in [9.17, 15) is 14.4 Å². The van der Waals surface area contributed by atoms with Gasteiger partial charge in [0.25, 0.3) is 0 Å². The zero-order valence-electron chi connectivity index (χ0n) is 54.2. The van der Waals surface area contributed by atoms with Gasteiger partial charge in [-0.2, -0.15) is 0 Å². The molecule has 0 aromatic carbocycles. The van der Waals surface area contributed by atoms with Crippen molar-refractivity contribution < 1.29 is 28.6 Å².